The number of allylic oxidation sites excluding steroid dienone is 6. The Bertz CT molecular complexity index is 1300. The van der Waals surface area contributed by atoms with Crippen LogP contribution in [-0.4, -0.2) is 75.9 Å². The molecule has 0 aliphatic carbocycles. The van der Waals surface area contributed by atoms with Crippen LogP contribution in [-0.2, 0) is 9.53 Å². The highest BCUT2D eigenvalue weighted by Gasteiger charge is 2.27. The smallest absolute Gasteiger partial charge is 0.255 e. The molecule has 0 spiro atoms. The molecule has 5 heterocycles. The van der Waals surface area contributed by atoms with Gasteiger partial charge in [-0.1, -0.05) is 12.2 Å². The third-order valence-corrected chi connectivity index (χ3v) is 6.70. The Labute approximate surface area is 204 Å². The SMILES string of the molecule is COCCN1CCN(C2=CN3C(=O)\C=C(c4cc(F)c5nc(C)cn5c4)/C=C/C=C/3C=C2)C[C@@H]1C. The molecular weight excluding hydrogens is 445 g/mol. The zero-order valence-electron chi connectivity index (χ0n) is 20.3. The lowest BCUT2D eigenvalue weighted by atomic mass is 10.0. The van der Waals surface area contributed by atoms with Crippen molar-refractivity contribution in [3.8, 4) is 0 Å². The number of hydrogen-bond donors (Lipinski definition) is 0. The first-order valence-electron chi connectivity index (χ1n) is 11.9. The van der Waals surface area contributed by atoms with Gasteiger partial charge in [-0.3, -0.25) is 14.6 Å². The van der Waals surface area contributed by atoms with Crippen LogP contribution in [0.3, 0.4) is 0 Å². The number of imidazole rings is 1. The predicted molar refractivity (Wildman–Crippen MR) is 134 cm³/mol. The fraction of sp³-hybridized carbons (Fsp3) is 0.333. The number of carbonyl (C=O) groups is 1. The molecule has 3 aliphatic heterocycles. The summed E-state index contributed by atoms with van der Waals surface area (Å²) < 4.78 is 21.6. The molecule has 2 aromatic rings. The lowest BCUT2D eigenvalue weighted by Gasteiger charge is -2.42. The first kappa shape index (κ1) is 23.3. The maximum absolute atomic E-state index is 14.7. The topological polar surface area (TPSA) is 53.3 Å². The first-order valence-corrected chi connectivity index (χ1v) is 11.9. The molecule has 5 rings (SSSR count). The summed E-state index contributed by atoms with van der Waals surface area (Å²) in [5.74, 6) is -0.593. The Balaban J connectivity index is 1.39. The highest BCUT2D eigenvalue weighted by Crippen LogP contribution is 2.27. The maximum Gasteiger partial charge on any atom is 0.255 e. The summed E-state index contributed by atoms with van der Waals surface area (Å²) in [5, 5.41) is 0. The fourth-order valence-electron chi connectivity index (χ4n) is 4.80. The van der Waals surface area contributed by atoms with Gasteiger partial charge >= 0.3 is 0 Å². The number of aryl methyl sites for hydroxylation is 1. The van der Waals surface area contributed by atoms with Gasteiger partial charge in [0.25, 0.3) is 5.91 Å². The number of amides is 1. The molecule has 0 N–H and O–H groups in total. The van der Waals surface area contributed by atoms with Crippen LogP contribution in [0.25, 0.3) is 11.2 Å². The Morgan fingerprint density at radius 2 is 2.00 bits per heavy atom. The van der Waals surface area contributed by atoms with E-state index in [0.29, 0.717) is 17.2 Å². The Morgan fingerprint density at radius 3 is 2.80 bits per heavy atom. The van der Waals surface area contributed by atoms with E-state index in [4.69, 9.17) is 4.74 Å². The van der Waals surface area contributed by atoms with E-state index in [1.54, 1.807) is 34.9 Å². The standard InChI is InChI=1S/C27H30FN5O2/c1-19-15-32-17-22(13-25(28)27(32)29-19)21-5-4-6-23-7-8-24(18-33(23)26(34)14-21)31-10-9-30(11-12-35-3)20(2)16-31/h4-8,13-15,17-18,20H,9-12,16H2,1-3H3/b5-4+,21-14+,23-6+/t20-/m0/s1. The summed E-state index contributed by atoms with van der Waals surface area (Å²) in [7, 11) is 1.73. The molecule has 7 nitrogen and oxygen atoms in total. The second-order valence-corrected chi connectivity index (χ2v) is 9.16. The van der Waals surface area contributed by atoms with Crippen LogP contribution in [0.4, 0.5) is 4.39 Å². The molecule has 8 heteroatoms. The fourth-order valence-corrected chi connectivity index (χ4v) is 4.80. The number of ether oxygens (including phenoxy) is 1. The van der Waals surface area contributed by atoms with Crippen LogP contribution in [0.1, 0.15) is 18.2 Å². The van der Waals surface area contributed by atoms with Gasteiger partial charge in [0, 0.05) is 75.3 Å². The van der Waals surface area contributed by atoms with Crippen LogP contribution < -0.4 is 0 Å². The monoisotopic (exact) mass is 475 g/mol. The number of halogens is 1. The molecule has 1 amide bonds. The summed E-state index contributed by atoms with van der Waals surface area (Å²) >= 11 is 0. The molecular formula is C27H30FN5O2. The van der Waals surface area contributed by atoms with E-state index in [1.807, 2.05) is 37.4 Å². The number of rotatable bonds is 5. The number of piperazine rings is 1. The molecule has 0 aromatic carbocycles. The number of fused-ring (bicyclic) bond motifs is 2. The van der Waals surface area contributed by atoms with Crippen LogP contribution in [0, 0.1) is 12.7 Å². The number of carbonyl (C=O) groups excluding carboxylic acids is 1. The third-order valence-electron chi connectivity index (χ3n) is 6.70. The highest BCUT2D eigenvalue weighted by atomic mass is 19.1. The van der Waals surface area contributed by atoms with E-state index < -0.39 is 5.82 Å². The van der Waals surface area contributed by atoms with Gasteiger partial charge in [0.05, 0.1) is 18.0 Å². The Hall–Kier alpha value is -3.49. The van der Waals surface area contributed by atoms with E-state index in [0.717, 1.165) is 49.9 Å². The molecule has 1 fully saturated rings. The quantitative estimate of drug-likeness (QED) is 0.663. The molecule has 1 atom stereocenters. The van der Waals surface area contributed by atoms with Crippen LogP contribution in [0.5, 0.6) is 0 Å². The summed E-state index contributed by atoms with van der Waals surface area (Å²) in [4.78, 5) is 24.0. The number of methoxy groups -OCH3 is 1. The average molecular weight is 476 g/mol. The second kappa shape index (κ2) is 9.64. The van der Waals surface area contributed by atoms with Gasteiger partial charge < -0.3 is 14.0 Å². The van der Waals surface area contributed by atoms with Crippen LogP contribution >= 0.6 is 0 Å². The second-order valence-electron chi connectivity index (χ2n) is 9.16. The van der Waals surface area contributed by atoms with Crippen molar-refractivity contribution in [3.05, 3.63) is 89.6 Å². The van der Waals surface area contributed by atoms with Crippen molar-refractivity contribution >= 4 is 17.1 Å². The van der Waals surface area contributed by atoms with E-state index >= 15 is 0 Å². The van der Waals surface area contributed by atoms with E-state index in [1.165, 1.54) is 6.07 Å². The minimum Gasteiger partial charge on any atom is -0.383 e. The molecule has 35 heavy (non-hydrogen) atoms. The molecule has 3 aliphatic rings. The van der Waals surface area contributed by atoms with Gasteiger partial charge in [-0.05, 0) is 43.7 Å². The normalized spacial score (nSPS) is 24.9. The molecule has 0 saturated carbocycles. The predicted octanol–water partition coefficient (Wildman–Crippen LogP) is 3.51. The number of nitrogens with zero attached hydrogens (tertiary/aromatic N) is 5. The molecule has 0 bridgehead atoms. The van der Waals surface area contributed by atoms with Crippen LogP contribution in [0.2, 0.25) is 0 Å². The van der Waals surface area contributed by atoms with Gasteiger partial charge in [-0.25, -0.2) is 9.37 Å². The lowest BCUT2D eigenvalue weighted by molar-refractivity contribution is -0.122. The number of aromatic nitrogens is 2. The minimum atomic E-state index is -0.419. The van der Waals surface area contributed by atoms with E-state index in [9.17, 15) is 9.18 Å². The zero-order chi connectivity index (χ0) is 24.5. The van der Waals surface area contributed by atoms with E-state index in [2.05, 4.69) is 27.8 Å². The largest absolute Gasteiger partial charge is 0.383 e. The molecule has 0 radical (unpaired) electrons. The number of hydrogen-bond acceptors (Lipinski definition) is 5. The molecule has 182 valence electrons. The van der Waals surface area contributed by atoms with Crippen molar-refractivity contribution in [2.75, 3.05) is 39.9 Å². The van der Waals surface area contributed by atoms with Gasteiger partial charge in [-0.2, -0.15) is 0 Å². The van der Waals surface area contributed by atoms with Gasteiger partial charge in [0.15, 0.2) is 11.5 Å². The van der Waals surface area contributed by atoms with Gasteiger partial charge in [0.1, 0.15) is 0 Å². The Kier molecular flexibility index (Phi) is 6.40. The molecule has 0 unspecified atom stereocenters. The van der Waals surface area contributed by atoms with E-state index in [-0.39, 0.29) is 11.6 Å². The van der Waals surface area contributed by atoms with Crippen molar-refractivity contribution < 1.29 is 13.9 Å². The molecule has 2 aromatic heterocycles. The van der Waals surface area contributed by atoms with Gasteiger partial charge in [-0.15, -0.1) is 0 Å². The zero-order valence-corrected chi connectivity index (χ0v) is 20.3. The van der Waals surface area contributed by atoms with Crippen molar-refractivity contribution in [1.29, 1.82) is 0 Å². The summed E-state index contributed by atoms with van der Waals surface area (Å²) in [6, 6.07) is 1.82. The van der Waals surface area contributed by atoms with Crippen molar-refractivity contribution in [2.24, 2.45) is 0 Å². The van der Waals surface area contributed by atoms with Crippen molar-refractivity contribution in [3.63, 3.8) is 0 Å². The summed E-state index contributed by atoms with van der Waals surface area (Å²) in [5.41, 5.74) is 4.08. The average Bonchev–Trinajstić information content (AvgIpc) is 3.22. The minimum absolute atomic E-state index is 0.174. The van der Waals surface area contributed by atoms with Gasteiger partial charge in [0.2, 0.25) is 0 Å². The molecule has 1 saturated heterocycles. The highest BCUT2D eigenvalue weighted by molar-refractivity contribution is 5.99. The lowest BCUT2D eigenvalue weighted by Crippen LogP contribution is -2.52. The first-order chi connectivity index (χ1) is 16.9. The van der Waals surface area contributed by atoms with Crippen molar-refractivity contribution in [2.45, 2.75) is 19.9 Å². The Morgan fingerprint density at radius 1 is 1.17 bits per heavy atom. The number of pyridine rings is 1. The summed E-state index contributed by atoms with van der Waals surface area (Å²) in [6.07, 6.45) is 16.7. The van der Waals surface area contributed by atoms with Crippen molar-refractivity contribution in [1.82, 2.24) is 24.1 Å². The summed E-state index contributed by atoms with van der Waals surface area (Å²) in [6.45, 7) is 8.40. The third kappa shape index (κ3) is 4.72. The van der Waals surface area contributed by atoms with Crippen LogP contribution in [0.15, 0.2) is 72.5 Å². The maximum atomic E-state index is 14.7.